The number of rotatable bonds is 8. The maximum Gasteiger partial charge on any atom is 0.433 e. The highest BCUT2D eigenvalue weighted by atomic mass is 19.4. The normalized spacial score (nSPS) is 19.1. The van der Waals surface area contributed by atoms with Crippen LogP contribution in [0.15, 0.2) is 47.8 Å². The van der Waals surface area contributed by atoms with Gasteiger partial charge in [-0.05, 0) is 81.8 Å². The van der Waals surface area contributed by atoms with Crippen LogP contribution in [-0.2, 0) is 12.4 Å². The van der Waals surface area contributed by atoms with Crippen molar-refractivity contribution in [3.05, 3.63) is 59.1 Å². The van der Waals surface area contributed by atoms with Gasteiger partial charge in [0.25, 0.3) is 0 Å². The van der Waals surface area contributed by atoms with E-state index in [0.717, 1.165) is 102 Å². The van der Waals surface area contributed by atoms with Crippen molar-refractivity contribution < 1.29 is 26.3 Å². The topological polar surface area (TPSA) is 60.7 Å². The molecule has 1 saturated carbocycles. The number of likely N-dealkylation sites (tertiary alicyclic amines) is 1. The van der Waals surface area contributed by atoms with Crippen LogP contribution in [0.3, 0.4) is 0 Å². The van der Waals surface area contributed by atoms with Gasteiger partial charge in [0.15, 0.2) is 0 Å². The number of piperazine rings is 1. The van der Waals surface area contributed by atoms with Crippen molar-refractivity contribution in [2.45, 2.75) is 63.3 Å². The lowest BCUT2D eigenvalue weighted by Gasteiger charge is -2.39. The third kappa shape index (κ3) is 7.43. The lowest BCUT2D eigenvalue weighted by atomic mass is 9.88. The zero-order valence-electron chi connectivity index (χ0n) is 23.6. The molecule has 3 aliphatic rings. The molecule has 2 aromatic rings. The van der Waals surface area contributed by atoms with Gasteiger partial charge in [-0.1, -0.05) is 5.57 Å². The predicted molar refractivity (Wildman–Crippen MR) is 152 cm³/mol. The second-order valence-corrected chi connectivity index (χ2v) is 11.4. The summed E-state index contributed by atoms with van der Waals surface area (Å²) in [6, 6.07) is 6.66. The molecule has 0 bridgehead atoms. The molecule has 0 atom stereocenters. The maximum absolute atomic E-state index is 13.3. The van der Waals surface area contributed by atoms with E-state index in [1.807, 2.05) is 0 Å². The molecule has 1 aliphatic carbocycles. The van der Waals surface area contributed by atoms with Crippen molar-refractivity contribution in [2.24, 2.45) is 0 Å². The zero-order valence-corrected chi connectivity index (χ0v) is 23.6. The standard InChI is InChI=1S/C30H38F6N6/c31-29(32,33)25-19-23(6-8-26(25)37)39-22-10-13-42(14-11-22)27(21-3-1-4-21)5-2-12-40-15-17-41(18-16-40)24-7-9-28(38-20-24)30(34,35)36/h6-9,19-20,22,39H,1-5,10-18,37H2. The highest BCUT2D eigenvalue weighted by molar-refractivity contribution is 5.58. The van der Waals surface area contributed by atoms with Crippen LogP contribution >= 0.6 is 0 Å². The number of nitrogens with two attached hydrogens (primary N) is 1. The molecule has 6 nitrogen and oxygen atoms in total. The third-order valence-corrected chi connectivity index (χ3v) is 8.64. The Bertz CT molecular complexity index is 1220. The Labute approximate surface area is 242 Å². The number of alkyl halides is 6. The highest BCUT2D eigenvalue weighted by Crippen LogP contribution is 2.37. The summed E-state index contributed by atoms with van der Waals surface area (Å²) in [6.45, 7) is 5.91. The van der Waals surface area contributed by atoms with Gasteiger partial charge in [-0.15, -0.1) is 0 Å². The number of nitrogen functional groups attached to an aromatic ring is 1. The lowest BCUT2D eigenvalue weighted by Crippen LogP contribution is -2.46. The number of nitrogens with one attached hydrogen (secondary N) is 1. The SMILES string of the molecule is Nc1ccc(NC2CCN(C(CCCN3CCN(c4ccc(C(F)(F)F)nc4)CC3)=C3CCC3)CC2)cc1C(F)(F)F. The lowest BCUT2D eigenvalue weighted by molar-refractivity contribution is -0.141. The van der Waals surface area contributed by atoms with Crippen molar-refractivity contribution in [3.63, 3.8) is 0 Å². The van der Waals surface area contributed by atoms with E-state index in [4.69, 9.17) is 5.73 Å². The molecule has 0 amide bonds. The number of hydrogen-bond donors (Lipinski definition) is 2. The van der Waals surface area contributed by atoms with E-state index in [2.05, 4.69) is 25.0 Å². The number of allylic oxidation sites excluding steroid dienone is 2. The first kappa shape index (κ1) is 30.3. The van der Waals surface area contributed by atoms with Gasteiger partial charge in [-0.25, -0.2) is 4.98 Å². The molecule has 0 radical (unpaired) electrons. The summed E-state index contributed by atoms with van der Waals surface area (Å²) < 4.78 is 78.2. The van der Waals surface area contributed by atoms with Gasteiger partial charge in [0.05, 0.1) is 17.4 Å². The van der Waals surface area contributed by atoms with Crippen molar-refractivity contribution in [2.75, 3.05) is 61.8 Å². The van der Waals surface area contributed by atoms with Gasteiger partial charge in [0.2, 0.25) is 0 Å². The van der Waals surface area contributed by atoms with Crippen molar-refractivity contribution in [1.82, 2.24) is 14.8 Å². The van der Waals surface area contributed by atoms with Gasteiger partial charge in [-0.2, -0.15) is 26.3 Å². The average Bonchev–Trinajstić information content (AvgIpc) is 2.92. The Morgan fingerprint density at radius 3 is 2.19 bits per heavy atom. The molecule has 42 heavy (non-hydrogen) atoms. The van der Waals surface area contributed by atoms with Crippen LogP contribution in [0, 0.1) is 0 Å². The molecule has 3 N–H and O–H groups in total. The van der Waals surface area contributed by atoms with E-state index in [9.17, 15) is 26.3 Å². The second-order valence-electron chi connectivity index (χ2n) is 11.4. The van der Waals surface area contributed by atoms with E-state index in [1.54, 1.807) is 6.07 Å². The van der Waals surface area contributed by atoms with Gasteiger partial charge < -0.3 is 20.9 Å². The Balaban J connectivity index is 1.07. The van der Waals surface area contributed by atoms with E-state index in [1.165, 1.54) is 36.0 Å². The first-order chi connectivity index (χ1) is 20.0. The molecule has 1 aromatic carbocycles. The Hall–Kier alpha value is -3.15. The molecular formula is C30H38F6N6. The van der Waals surface area contributed by atoms with Crippen LogP contribution in [-0.4, -0.2) is 66.6 Å². The summed E-state index contributed by atoms with van der Waals surface area (Å²) >= 11 is 0. The minimum absolute atomic E-state index is 0.106. The van der Waals surface area contributed by atoms with Gasteiger partial charge in [-0.3, -0.25) is 4.90 Å². The fourth-order valence-corrected chi connectivity index (χ4v) is 6.06. The maximum atomic E-state index is 13.3. The first-order valence-electron chi connectivity index (χ1n) is 14.7. The summed E-state index contributed by atoms with van der Waals surface area (Å²) in [5.41, 5.74) is 7.75. The zero-order chi connectivity index (χ0) is 29.9. The van der Waals surface area contributed by atoms with Gasteiger partial charge >= 0.3 is 12.4 Å². The van der Waals surface area contributed by atoms with Gasteiger partial charge in [0, 0.05) is 62.4 Å². The minimum Gasteiger partial charge on any atom is -0.398 e. The summed E-state index contributed by atoms with van der Waals surface area (Å²) in [7, 11) is 0. The summed E-state index contributed by atoms with van der Waals surface area (Å²) in [4.78, 5) is 10.6. The van der Waals surface area contributed by atoms with E-state index in [-0.39, 0.29) is 11.7 Å². The van der Waals surface area contributed by atoms with Crippen LogP contribution in [0.5, 0.6) is 0 Å². The van der Waals surface area contributed by atoms with Crippen molar-refractivity contribution in [3.8, 4) is 0 Å². The molecule has 12 heteroatoms. The monoisotopic (exact) mass is 596 g/mol. The second kappa shape index (κ2) is 12.6. The number of piperidine rings is 1. The Kier molecular flexibility index (Phi) is 9.10. The van der Waals surface area contributed by atoms with Crippen LogP contribution in [0.25, 0.3) is 0 Å². The number of pyridine rings is 1. The van der Waals surface area contributed by atoms with Crippen LogP contribution in [0.4, 0.5) is 43.4 Å². The smallest absolute Gasteiger partial charge is 0.398 e. The Morgan fingerprint density at radius 2 is 1.62 bits per heavy atom. The molecule has 2 saturated heterocycles. The molecule has 230 valence electrons. The van der Waals surface area contributed by atoms with E-state index < -0.39 is 23.6 Å². The average molecular weight is 597 g/mol. The summed E-state index contributed by atoms with van der Waals surface area (Å²) in [6.07, 6.45) is -0.371. The Morgan fingerprint density at radius 1 is 0.905 bits per heavy atom. The number of nitrogens with zero attached hydrogens (tertiary/aromatic N) is 4. The fourth-order valence-electron chi connectivity index (χ4n) is 6.06. The molecule has 1 aromatic heterocycles. The van der Waals surface area contributed by atoms with Crippen LogP contribution < -0.4 is 16.0 Å². The van der Waals surface area contributed by atoms with E-state index in [0.29, 0.717) is 5.69 Å². The molecule has 2 aliphatic heterocycles. The molecule has 0 spiro atoms. The largest absolute Gasteiger partial charge is 0.433 e. The number of anilines is 3. The molecule has 3 heterocycles. The van der Waals surface area contributed by atoms with Crippen molar-refractivity contribution in [1.29, 1.82) is 0 Å². The molecular weight excluding hydrogens is 558 g/mol. The molecule has 5 rings (SSSR count). The summed E-state index contributed by atoms with van der Waals surface area (Å²) in [5.74, 6) is 0. The third-order valence-electron chi connectivity index (χ3n) is 8.64. The highest BCUT2D eigenvalue weighted by Gasteiger charge is 2.34. The number of benzene rings is 1. The number of hydrogen-bond acceptors (Lipinski definition) is 6. The van der Waals surface area contributed by atoms with Crippen LogP contribution in [0.2, 0.25) is 0 Å². The van der Waals surface area contributed by atoms with Gasteiger partial charge in [0.1, 0.15) is 5.69 Å². The van der Waals surface area contributed by atoms with Crippen molar-refractivity contribution >= 4 is 17.1 Å². The predicted octanol–water partition coefficient (Wildman–Crippen LogP) is 6.62. The quantitative estimate of drug-likeness (QED) is 0.264. The van der Waals surface area contributed by atoms with Crippen LogP contribution in [0.1, 0.15) is 56.2 Å². The first-order valence-corrected chi connectivity index (χ1v) is 14.7. The molecule has 3 fully saturated rings. The number of aromatic nitrogens is 1. The fraction of sp³-hybridized carbons (Fsp3) is 0.567. The minimum atomic E-state index is -4.48. The number of halogens is 6. The van der Waals surface area contributed by atoms with E-state index >= 15 is 0 Å². The summed E-state index contributed by atoms with van der Waals surface area (Å²) in [5, 5.41) is 3.29. The molecule has 0 unspecified atom stereocenters.